The lowest BCUT2D eigenvalue weighted by atomic mass is 10.1. The van der Waals surface area contributed by atoms with Crippen molar-refractivity contribution in [1.29, 1.82) is 0 Å². The molecule has 1 saturated heterocycles. The number of hydrogen-bond donors (Lipinski definition) is 1. The monoisotopic (exact) mass is 331 g/mol. The van der Waals surface area contributed by atoms with Crippen LogP contribution >= 0.6 is 0 Å². The maximum Gasteiger partial charge on any atom is 0.312 e. The van der Waals surface area contributed by atoms with Crippen molar-refractivity contribution in [3.05, 3.63) is 35.4 Å². The van der Waals surface area contributed by atoms with Crippen LogP contribution in [0.25, 0.3) is 0 Å². The van der Waals surface area contributed by atoms with Gasteiger partial charge in [-0.15, -0.1) is 0 Å². The minimum absolute atomic E-state index is 0.0533. The van der Waals surface area contributed by atoms with Crippen molar-refractivity contribution in [2.75, 3.05) is 26.2 Å². The molecule has 0 aliphatic carbocycles. The molecule has 2 rings (SSSR count). The first-order chi connectivity index (χ1) is 11.4. The normalized spacial score (nSPS) is 14.7. The summed E-state index contributed by atoms with van der Waals surface area (Å²) in [5.74, 6) is -1.05. The van der Waals surface area contributed by atoms with E-state index in [9.17, 15) is 14.4 Å². The second kappa shape index (κ2) is 7.95. The van der Waals surface area contributed by atoms with E-state index in [1.165, 1.54) is 4.90 Å². The van der Waals surface area contributed by atoms with Crippen LogP contribution in [-0.4, -0.2) is 59.7 Å². The Morgan fingerprint density at radius 3 is 2.08 bits per heavy atom. The van der Waals surface area contributed by atoms with Gasteiger partial charge in [-0.2, -0.15) is 0 Å². The Morgan fingerprint density at radius 1 is 1.00 bits per heavy atom. The summed E-state index contributed by atoms with van der Waals surface area (Å²) in [5, 5.41) is 2.60. The molecule has 1 fully saturated rings. The van der Waals surface area contributed by atoms with Crippen molar-refractivity contribution in [2.24, 2.45) is 0 Å². The zero-order valence-corrected chi connectivity index (χ0v) is 14.5. The molecule has 0 radical (unpaired) electrons. The molecule has 1 aliphatic heterocycles. The quantitative estimate of drug-likeness (QED) is 0.830. The van der Waals surface area contributed by atoms with Crippen LogP contribution in [0.4, 0.5) is 0 Å². The first-order valence-corrected chi connectivity index (χ1v) is 8.30. The third-order valence-corrected chi connectivity index (χ3v) is 4.01. The summed E-state index contributed by atoms with van der Waals surface area (Å²) in [6, 6.07) is 7.84. The smallest absolute Gasteiger partial charge is 0.312 e. The van der Waals surface area contributed by atoms with Crippen LogP contribution in [-0.2, 0) is 20.8 Å². The van der Waals surface area contributed by atoms with Crippen LogP contribution in [0.5, 0.6) is 0 Å². The van der Waals surface area contributed by atoms with Gasteiger partial charge in [-0.3, -0.25) is 14.4 Å². The SMILES string of the molecule is Cc1ccc(CC(=O)N2CCN(C(=O)C(=O)NC(C)C)CC2)cc1. The lowest BCUT2D eigenvalue weighted by Crippen LogP contribution is -2.54. The van der Waals surface area contributed by atoms with E-state index < -0.39 is 11.8 Å². The second-order valence-corrected chi connectivity index (χ2v) is 6.46. The van der Waals surface area contributed by atoms with Crippen LogP contribution < -0.4 is 5.32 Å². The summed E-state index contributed by atoms with van der Waals surface area (Å²) in [4.78, 5) is 39.4. The molecule has 0 unspecified atom stereocenters. The third kappa shape index (κ3) is 4.81. The van der Waals surface area contributed by atoms with Gasteiger partial charge in [0.15, 0.2) is 0 Å². The van der Waals surface area contributed by atoms with Gasteiger partial charge in [0, 0.05) is 32.2 Å². The van der Waals surface area contributed by atoms with E-state index >= 15 is 0 Å². The Labute approximate surface area is 142 Å². The predicted molar refractivity (Wildman–Crippen MR) is 91.3 cm³/mol. The predicted octanol–water partition coefficient (Wildman–Crippen LogP) is 0.733. The number of piperazine rings is 1. The largest absolute Gasteiger partial charge is 0.346 e. The van der Waals surface area contributed by atoms with E-state index in [-0.39, 0.29) is 11.9 Å². The Bertz CT molecular complexity index is 602. The first-order valence-electron chi connectivity index (χ1n) is 8.30. The lowest BCUT2D eigenvalue weighted by molar-refractivity contribution is -0.148. The van der Waals surface area contributed by atoms with E-state index in [1.54, 1.807) is 4.90 Å². The highest BCUT2D eigenvalue weighted by atomic mass is 16.2. The van der Waals surface area contributed by atoms with Crippen LogP contribution in [0.1, 0.15) is 25.0 Å². The van der Waals surface area contributed by atoms with Crippen molar-refractivity contribution >= 4 is 17.7 Å². The molecule has 6 nitrogen and oxygen atoms in total. The Kier molecular flexibility index (Phi) is 5.95. The van der Waals surface area contributed by atoms with Crippen molar-refractivity contribution in [3.63, 3.8) is 0 Å². The number of rotatable bonds is 3. The molecule has 1 N–H and O–H groups in total. The number of hydrogen-bond acceptors (Lipinski definition) is 3. The van der Waals surface area contributed by atoms with Crippen LogP contribution in [0.3, 0.4) is 0 Å². The summed E-state index contributed by atoms with van der Waals surface area (Å²) in [5.41, 5.74) is 2.15. The summed E-state index contributed by atoms with van der Waals surface area (Å²) in [7, 11) is 0. The number of carbonyl (C=O) groups excluding carboxylic acids is 3. The minimum atomic E-state index is -0.579. The summed E-state index contributed by atoms with van der Waals surface area (Å²) in [6.07, 6.45) is 0.363. The van der Waals surface area contributed by atoms with E-state index in [4.69, 9.17) is 0 Å². The maximum atomic E-state index is 12.4. The fourth-order valence-corrected chi connectivity index (χ4v) is 2.62. The highest BCUT2D eigenvalue weighted by Gasteiger charge is 2.27. The maximum absolute atomic E-state index is 12.4. The minimum Gasteiger partial charge on any atom is -0.346 e. The van der Waals surface area contributed by atoms with Crippen molar-refractivity contribution in [3.8, 4) is 0 Å². The van der Waals surface area contributed by atoms with Gasteiger partial charge in [0.05, 0.1) is 6.42 Å². The number of aryl methyl sites for hydroxylation is 1. The Morgan fingerprint density at radius 2 is 1.54 bits per heavy atom. The second-order valence-electron chi connectivity index (χ2n) is 6.46. The standard InChI is InChI=1S/C18H25N3O3/c1-13(2)19-17(23)18(24)21-10-8-20(9-11-21)16(22)12-15-6-4-14(3)5-7-15/h4-7,13H,8-12H2,1-3H3,(H,19,23). The molecule has 0 atom stereocenters. The van der Waals surface area contributed by atoms with Crippen molar-refractivity contribution in [1.82, 2.24) is 15.1 Å². The van der Waals surface area contributed by atoms with Crippen LogP contribution in [0, 0.1) is 6.92 Å². The number of amides is 3. The number of nitrogens with zero attached hydrogens (tertiary/aromatic N) is 2. The first kappa shape index (κ1) is 18.0. The van der Waals surface area contributed by atoms with E-state index in [1.807, 2.05) is 45.0 Å². The van der Waals surface area contributed by atoms with Gasteiger partial charge in [-0.1, -0.05) is 29.8 Å². The molecule has 130 valence electrons. The van der Waals surface area contributed by atoms with Gasteiger partial charge in [0.1, 0.15) is 0 Å². The van der Waals surface area contributed by atoms with Gasteiger partial charge >= 0.3 is 11.8 Å². The van der Waals surface area contributed by atoms with Gasteiger partial charge in [0.25, 0.3) is 0 Å². The van der Waals surface area contributed by atoms with Crippen molar-refractivity contribution < 1.29 is 14.4 Å². The summed E-state index contributed by atoms with van der Waals surface area (Å²) < 4.78 is 0. The van der Waals surface area contributed by atoms with Crippen LogP contribution in [0.15, 0.2) is 24.3 Å². The molecule has 1 heterocycles. The fraction of sp³-hybridized carbons (Fsp3) is 0.500. The van der Waals surface area contributed by atoms with Gasteiger partial charge in [0.2, 0.25) is 5.91 Å². The van der Waals surface area contributed by atoms with E-state index in [2.05, 4.69) is 5.32 Å². The molecule has 1 aromatic carbocycles. The van der Waals surface area contributed by atoms with E-state index in [0.29, 0.717) is 32.6 Å². The summed E-state index contributed by atoms with van der Waals surface area (Å²) >= 11 is 0. The molecule has 24 heavy (non-hydrogen) atoms. The zero-order chi connectivity index (χ0) is 17.7. The van der Waals surface area contributed by atoms with Crippen LogP contribution in [0.2, 0.25) is 0 Å². The molecule has 3 amide bonds. The molecule has 1 aliphatic rings. The van der Waals surface area contributed by atoms with Gasteiger partial charge < -0.3 is 15.1 Å². The topological polar surface area (TPSA) is 69.7 Å². The average Bonchev–Trinajstić information content (AvgIpc) is 2.55. The molecule has 0 aromatic heterocycles. The summed E-state index contributed by atoms with van der Waals surface area (Å²) in [6.45, 7) is 7.35. The van der Waals surface area contributed by atoms with E-state index in [0.717, 1.165) is 11.1 Å². The molecule has 0 spiro atoms. The molecule has 6 heteroatoms. The number of carbonyl (C=O) groups is 3. The number of nitrogens with one attached hydrogen (secondary N) is 1. The Hall–Kier alpha value is -2.37. The Balaban J connectivity index is 1.83. The average molecular weight is 331 g/mol. The molecule has 0 bridgehead atoms. The zero-order valence-electron chi connectivity index (χ0n) is 14.5. The molecular formula is C18H25N3O3. The number of benzene rings is 1. The lowest BCUT2D eigenvalue weighted by Gasteiger charge is -2.34. The third-order valence-electron chi connectivity index (χ3n) is 4.01. The van der Waals surface area contributed by atoms with Gasteiger partial charge in [-0.25, -0.2) is 0 Å². The van der Waals surface area contributed by atoms with Crippen molar-refractivity contribution in [2.45, 2.75) is 33.2 Å². The molecule has 0 saturated carbocycles. The molecular weight excluding hydrogens is 306 g/mol. The highest BCUT2D eigenvalue weighted by molar-refractivity contribution is 6.35. The fourth-order valence-electron chi connectivity index (χ4n) is 2.62. The molecule has 1 aromatic rings. The highest BCUT2D eigenvalue weighted by Crippen LogP contribution is 2.09. The van der Waals surface area contributed by atoms with Gasteiger partial charge in [-0.05, 0) is 26.3 Å².